The molecule has 4 heteroatoms. The number of pyridine rings is 1. The highest BCUT2D eigenvalue weighted by Gasteiger charge is 2.06. The summed E-state index contributed by atoms with van der Waals surface area (Å²) in [6, 6.07) is 10.1. The number of ether oxygens (including phenoxy) is 1. The summed E-state index contributed by atoms with van der Waals surface area (Å²) in [5.74, 6) is 0. The van der Waals surface area contributed by atoms with E-state index in [0.717, 1.165) is 21.8 Å². The number of para-hydroxylation sites is 1. The number of hydrogen-bond donors (Lipinski definition) is 0. The lowest BCUT2D eigenvalue weighted by atomic mass is 10.2. The normalized spacial score (nSPS) is 10.9. The van der Waals surface area contributed by atoms with Crippen LogP contribution in [-0.2, 0) is 16.1 Å². The molecule has 3 aromatic rings. The number of nitrogens with zero attached hydrogens (tertiary/aromatic N) is 2. The maximum absolute atomic E-state index is 10.2. The van der Waals surface area contributed by atoms with E-state index in [4.69, 9.17) is 4.74 Å². The average Bonchev–Trinajstić information content (AvgIpc) is 2.83. The van der Waals surface area contributed by atoms with Gasteiger partial charge < -0.3 is 9.30 Å². The molecule has 0 saturated carbocycles. The minimum atomic E-state index is 0.379. The zero-order valence-electron chi connectivity index (χ0n) is 9.74. The van der Waals surface area contributed by atoms with E-state index < -0.39 is 0 Å². The van der Waals surface area contributed by atoms with Crippen LogP contribution in [0.2, 0.25) is 0 Å². The number of benzene rings is 1. The van der Waals surface area contributed by atoms with Crippen molar-refractivity contribution in [2.45, 2.75) is 6.54 Å². The van der Waals surface area contributed by atoms with Crippen molar-refractivity contribution >= 4 is 28.3 Å². The highest BCUT2D eigenvalue weighted by atomic mass is 16.5. The Labute approximate surface area is 104 Å². The molecular weight excluding hydrogens is 228 g/mol. The Morgan fingerprint density at radius 1 is 1.28 bits per heavy atom. The van der Waals surface area contributed by atoms with Gasteiger partial charge in [-0.15, -0.1) is 0 Å². The Balaban J connectivity index is 2.14. The molecule has 0 fully saturated rings. The largest absolute Gasteiger partial charge is 0.466 e. The van der Waals surface area contributed by atoms with Crippen LogP contribution in [0.4, 0.5) is 0 Å². The molecule has 0 spiro atoms. The maximum atomic E-state index is 10.2. The molecule has 90 valence electrons. The van der Waals surface area contributed by atoms with Gasteiger partial charge >= 0.3 is 0 Å². The molecule has 0 aliphatic rings. The first kappa shape index (κ1) is 10.8. The molecule has 2 heterocycles. The standard InChI is InChI=1S/C14H12N2O2/c17-10-18-8-7-16-6-5-11-9-15-13-4-2-1-3-12(13)14(11)16/h1-6,9-10H,7-8H2. The van der Waals surface area contributed by atoms with E-state index in [2.05, 4.69) is 15.6 Å². The average molecular weight is 240 g/mol. The van der Waals surface area contributed by atoms with Crippen molar-refractivity contribution in [1.29, 1.82) is 0 Å². The molecule has 0 unspecified atom stereocenters. The minimum absolute atomic E-state index is 0.379. The van der Waals surface area contributed by atoms with Gasteiger partial charge in [-0.1, -0.05) is 18.2 Å². The monoisotopic (exact) mass is 240 g/mol. The summed E-state index contributed by atoms with van der Waals surface area (Å²) in [7, 11) is 0. The van der Waals surface area contributed by atoms with Crippen molar-refractivity contribution in [2.24, 2.45) is 0 Å². The van der Waals surface area contributed by atoms with Crippen LogP contribution in [-0.4, -0.2) is 22.6 Å². The predicted octanol–water partition coefficient (Wildman–Crippen LogP) is 2.36. The van der Waals surface area contributed by atoms with Crippen molar-refractivity contribution in [3.8, 4) is 0 Å². The number of aromatic nitrogens is 2. The van der Waals surface area contributed by atoms with Crippen LogP contribution in [0, 0.1) is 0 Å². The van der Waals surface area contributed by atoms with E-state index in [9.17, 15) is 4.79 Å². The highest BCUT2D eigenvalue weighted by Crippen LogP contribution is 2.24. The topological polar surface area (TPSA) is 44.1 Å². The first-order valence-electron chi connectivity index (χ1n) is 5.78. The molecule has 18 heavy (non-hydrogen) atoms. The van der Waals surface area contributed by atoms with Crippen molar-refractivity contribution < 1.29 is 9.53 Å². The third-order valence-electron chi connectivity index (χ3n) is 3.01. The first-order valence-corrected chi connectivity index (χ1v) is 5.78. The van der Waals surface area contributed by atoms with E-state index in [0.29, 0.717) is 19.6 Å². The molecule has 0 N–H and O–H groups in total. The van der Waals surface area contributed by atoms with Crippen LogP contribution in [0.3, 0.4) is 0 Å². The van der Waals surface area contributed by atoms with Crippen molar-refractivity contribution in [1.82, 2.24) is 9.55 Å². The van der Waals surface area contributed by atoms with Crippen molar-refractivity contribution in [3.63, 3.8) is 0 Å². The molecule has 0 aliphatic heterocycles. The summed E-state index contributed by atoms with van der Waals surface area (Å²) in [6.45, 7) is 1.51. The SMILES string of the molecule is O=COCCn1ccc2cnc3ccccc3c21. The molecule has 0 atom stereocenters. The van der Waals surface area contributed by atoms with Gasteiger partial charge in [-0.2, -0.15) is 0 Å². The van der Waals surface area contributed by atoms with Crippen LogP contribution in [0.15, 0.2) is 42.7 Å². The fourth-order valence-electron chi connectivity index (χ4n) is 2.22. The highest BCUT2D eigenvalue weighted by molar-refractivity contribution is 6.03. The Kier molecular flexibility index (Phi) is 2.68. The fourth-order valence-corrected chi connectivity index (χ4v) is 2.22. The number of carbonyl (C=O) groups excluding carboxylic acids is 1. The molecule has 3 rings (SSSR count). The lowest BCUT2D eigenvalue weighted by molar-refractivity contribution is -0.128. The third-order valence-corrected chi connectivity index (χ3v) is 3.01. The van der Waals surface area contributed by atoms with Gasteiger partial charge in [-0.25, -0.2) is 0 Å². The summed E-state index contributed by atoms with van der Waals surface area (Å²) < 4.78 is 6.84. The summed E-state index contributed by atoms with van der Waals surface area (Å²) >= 11 is 0. The molecule has 2 aromatic heterocycles. The molecule has 0 amide bonds. The van der Waals surface area contributed by atoms with Crippen LogP contribution >= 0.6 is 0 Å². The van der Waals surface area contributed by atoms with E-state index in [1.165, 1.54) is 0 Å². The molecule has 0 saturated heterocycles. The number of rotatable bonds is 4. The van der Waals surface area contributed by atoms with Crippen LogP contribution in [0.5, 0.6) is 0 Å². The molecule has 0 radical (unpaired) electrons. The van der Waals surface area contributed by atoms with Gasteiger partial charge in [-0.3, -0.25) is 9.78 Å². The second-order valence-electron chi connectivity index (χ2n) is 4.06. The Morgan fingerprint density at radius 2 is 2.17 bits per heavy atom. The zero-order chi connectivity index (χ0) is 12.4. The van der Waals surface area contributed by atoms with Gasteiger partial charge in [0.1, 0.15) is 6.61 Å². The van der Waals surface area contributed by atoms with Gasteiger partial charge in [-0.05, 0) is 12.1 Å². The van der Waals surface area contributed by atoms with E-state index in [-0.39, 0.29) is 0 Å². The molecular formula is C14H12N2O2. The van der Waals surface area contributed by atoms with E-state index in [1.54, 1.807) is 0 Å². The van der Waals surface area contributed by atoms with Crippen molar-refractivity contribution in [2.75, 3.05) is 6.61 Å². The fraction of sp³-hybridized carbons (Fsp3) is 0.143. The van der Waals surface area contributed by atoms with Gasteiger partial charge in [0.25, 0.3) is 6.47 Å². The second-order valence-corrected chi connectivity index (χ2v) is 4.06. The van der Waals surface area contributed by atoms with E-state index in [1.807, 2.05) is 36.7 Å². The first-order chi connectivity index (χ1) is 8.90. The van der Waals surface area contributed by atoms with Gasteiger partial charge in [0.2, 0.25) is 0 Å². The predicted molar refractivity (Wildman–Crippen MR) is 69.3 cm³/mol. The van der Waals surface area contributed by atoms with Crippen molar-refractivity contribution in [3.05, 3.63) is 42.7 Å². The third kappa shape index (κ3) is 1.72. The Bertz CT molecular complexity index is 703. The summed E-state index contributed by atoms with van der Waals surface area (Å²) in [6.07, 6.45) is 3.86. The number of carbonyl (C=O) groups is 1. The van der Waals surface area contributed by atoms with E-state index >= 15 is 0 Å². The van der Waals surface area contributed by atoms with Gasteiger partial charge in [0.15, 0.2) is 0 Å². The zero-order valence-corrected chi connectivity index (χ0v) is 9.74. The minimum Gasteiger partial charge on any atom is -0.466 e. The summed E-state index contributed by atoms with van der Waals surface area (Å²) in [4.78, 5) is 14.6. The number of fused-ring (bicyclic) bond motifs is 3. The van der Waals surface area contributed by atoms with Crippen LogP contribution in [0.1, 0.15) is 0 Å². The van der Waals surface area contributed by atoms with Gasteiger partial charge in [0, 0.05) is 23.2 Å². The summed E-state index contributed by atoms with van der Waals surface area (Å²) in [5.41, 5.74) is 2.11. The Hall–Kier alpha value is -2.36. The lowest BCUT2D eigenvalue weighted by Crippen LogP contribution is -2.04. The summed E-state index contributed by atoms with van der Waals surface area (Å²) in [5, 5.41) is 2.21. The number of hydrogen-bond acceptors (Lipinski definition) is 3. The van der Waals surface area contributed by atoms with Gasteiger partial charge in [0.05, 0.1) is 17.6 Å². The quantitative estimate of drug-likeness (QED) is 0.519. The molecule has 4 nitrogen and oxygen atoms in total. The molecule has 0 aliphatic carbocycles. The molecule has 0 bridgehead atoms. The van der Waals surface area contributed by atoms with Crippen LogP contribution < -0.4 is 0 Å². The van der Waals surface area contributed by atoms with Crippen LogP contribution in [0.25, 0.3) is 21.8 Å². The second kappa shape index (κ2) is 4.49. The lowest BCUT2D eigenvalue weighted by Gasteiger charge is -2.06. The smallest absolute Gasteiger partial charge is 0.293 e. The Morgan fingerprint density at radius 3 is 3.06 bits per heavy atom. The maximum Gasteiger partial charge on any atom is 0.293 e. The molecule has 1 aromatic carbocycles.